The van der Waals surface area contributed by atoms with E-state index in [4.69, 9.17) is 9.47 Å². The fraction of sp³-hybridized carbons (Fsp3) is 0.267. The van der Waals surface area contributed by atoms with Crippen molar-refractivity contribution in [2.45, 2.75) is 13.3 Å². The van der Waals surface area contributed by atoms with Crippen LogP contribution < -0.4 is 4.74 Å². The van der Waals surface area contributed by atoms with Crippen molar-refractivity contribution in [1.29, 1.82) is 0 Å². The predicted molar refractivity (Wildman–Crippen MR) is 72.4 cm³/mol. The van der Waals surface area contributed by atoms with Gasteiger partial charge in [-0.3, -0.25) is 0 Å². The Morgan fingerprint density at radius 1 is 1.28 bits per heavy atom. The first-order valence-corrected chi connectivity index (χ1v) is 5.95. The molecule has 3 heteroatoms. The smallest absolute Gasteiger partial charge is 0.330 e. The molecule has 18 heavy (non-hydrogen) atoms. The molecule has 0 aliphatic heterocycles. The summed E-state index contributed by atoms with van der Waals surface area (Å²) in [6, 6.07) is 7.75. The number of rotatable bonds is 7. The van der Waals surface area contributed by atoms with E-state index in [1.54, 1.807) is 0 Å². The van der Waals surface area contributed by atoms with Gasteiger partial charge in [0.1, 0.15) is 19.0 Å². The zero-order chi connectivity index (χ0) is 13.2. The van der Waals surface area contributed by atoms with Crippen LogP contribution in [0.1, 0.15) is 18.9 Å². The molecular weight excluding hydrogens is 228 g/mol. The third-order valence-electron chi connectivity index (χ3n) is 2.19. The molecule has 0 amide bonds. The summed E-state index contributed by atoms with van der Waals surface area (Å²) in [5.41, 5.74) is 1.14. The molecule has 0 aliphatic rings. The molecule has 0 fully saturated rings. The molecule has 0 bridgehead atoms. The molecule has 0 N–H and O–H groups in total. The van der Waals surface area contributed by atoms with Gasteiger partial charge in [-0.2, -0.15) is 0 Å². The summed E-state index contributed by atoms with van der Waals surface area (Å²) >= 11 is 0. The highest BCUT2D eigenvalue weighted by molar-refractivity contribution is 5.81. The monoisotopic (exact) mass is 246 g/mol. The van der Waals surface area contributed by atoms with Crippen molar-refractivity contribution < 1.29 is 14.3 Å². The minimum Gasteiger partial charge on any atom is -0.490 e. The van der Waals surface area contributed by atoms with E-state index in [0.717, 1.165) is 23.8 Å². The fourth-order valence-electron chi connectivity index (χ4n) is 1.29. The molecule has 96 valence electrons. The van der Waals surface area contributed by atoms with Gasteiger partial charge in [0.2, 0.25) is 0 Å². The first-order chi connectivity index (χ1) is 8.76. The highest BCUT2D eigenvalue weighted by Gasteiger charge is 1.96. The molecule has 0 unspecified atom stereocenters. The van der Waals surface area contributed by atoms with Gasteiger partial charge in [-0.15, -0.1) is 0 Å². The van der Waals surface area contributed by atoms with Crippen molar-refractivity contribution in [1.82, 2.24) is 0 Å². The number of esters is 1. The summed E-state index contributed by atoms with van der Waals surface area (Å²) in [5.74, 6) is 0.331. The molecule has 0 aliphatic carbocycles. The topological polar surface area (TPSA) is 35.5 Å². The summed E-state index contributed by atoms with van der Waals surface area (Å²) in [5, 5.41) is 0. The van der Waals surface area contributed by atoms with Crippen molar-refractivity contribution >= 4 is 12.0 Å². The maximum Gasteiger partial charge on any atom is 0.330 e. The average molecular weight is 246 g/mol. The Labute approximate surface area is 108 Å². The maximum atomic E-state index is 10.8. The first-order valence-electron chi connectivity index (χ1n) is 5.95. The van der Waals surface area contributed by atoms with Crippen LogP contribution in [0.3, 0.4) is 0 Å². The summed E-state index contributed by atoms with van der Waals surface area (Å²) < 4.78 is 10.2. The van der Waals surface area contributed by atoms with Gasteiger partial charge in [-0.25, -0.2) is 4.79 Å². The fourth-order valence-corrected chi connectivity index (χ4v) is 1.29. The third kappa shape index (κ3) is 5.34. The summed E-state index contributed by atoms with van der Waals surface area (Å²) in [4.78, 5) is 10.8. The Morgan fingerprint density at radius 2 is 2.00 bits per heavy atom. The number of carbonyl (C=O) groups is 1. The highest BCUT2D eigenvalue weighted by atomic mass is 16.6. The molecule has 1 aromatic carbocycles. The molecule has 0 aromatic heterocycles. The van der Waals surface area contributed by atoms with Crippen molar-refractivity contribution in [3.63, 3.8) is 0 Å². The van der Waals surface area contributed by atoms with Gasteiger partial charge in [0, 0.05) is 6.08 Å². The van der Waals surface area contributed by atoms with E-state index in [1.807, 2.05) is 24.3 Å². The number of hydrogen-bond acceptors (Lipinski definition) is 3. The van der Waals surface area contributed by atoms with Crippen LogP contribution >= 0.6 is 0 Å². The average Bonchev–Trinajstić information content (AvgIpc) is 2.42. The molecule has 3 nitrogen and oxygen atoms in total. The van der Waals surface area contributed by atoms with Gasteiger partial charge in [0.25, 0.3) is 0 Å². The van der Waals surface area contributed by atoms with Crippen LogP contribution in [0.15, 0.2) is 43.0 Å². The number of carbonyl (C=O) groups excluding carboxylic acids is 1. The Kier molecular flexibility index (Phi) is 6.33. The van der Waals surface area contributed by atoms with Crippen molar-refractivity contribution in [2.24, 2.45) is 0 Å². The van der Waals surface area contributed by atoms with E-state index in [-0.39, 0.29) is 6.61 Å². The minimum atomic E-state index is -0.432. The lowest BCUT2D eigenvalue weighted by molar-refractivity contribution is -0.138. The third-order valence-corrected chi connectivity index (χ3v) is 2.19. The first kappa shape index (κ1) is 14.0. The van der Waals surface area contributed by atoms with Crippen molar-refractivity contribution in [3.8, 4) is 5.75 Å². The minimum absolute atomic E-state index is 0.225. The van der Waals surface area contributed by atoms with E-state index < -0.39 is 5.97 Å². The molecule has 0 heterocycles. The van der Waals surface area contributed by atoms with Crippen LogP contribution in [0.5, 0.6) is 5.75 Å². The largest absolute Gasteiger partial charge is 0.490 e. The highest BCUT2D eigenvalue weighted by Crippen LogP contribution is 2.13. The molecule has 0 radical (unpaired) electrons. The van der Waals surface area contributed by atoms with Crippen molar-refractivity contribution in [2.75, 3.05) is 13.2 Å². The Balaban J connectivity index is 2.33. The molecule has 0 atom stereocenters. The van der Waals surface area contributed by atoms with Crippen LogP contribution in [0, 0.1) is 0 Å². The second kappa shape index (κ2) is 8.12. The Bertz CT molecular complexity index is 404. The van der Waals surface area contributed by atoms with E-state index in [9.17, 15) is 4.79 Å². The predicted octanol–water partition coefficient (Wildman–Crippen LogP) is 3.22. The normalized spacial score (nSPS) is 10.3. The number of benzene rings is 1. The van der Waals surface area contributed by atoms with E-state index in [1.165, 1.54) is 0 Å². The quantitative estimate of drug-likeness (QED) is 0.421. The zero-order valence-corrected chi connectivity index (χ0v) is 10.6. The van der Waals surface area contributed by atoms with E-state index in [2.05, 4.69) is 25.7 Å². The summed E-state index contributed by atoms with van der Waals surface area (Å²) in [6.45, 7) is 5.97. The molecule has 0 saturated carbocycles. The van der Waals surface area contributed by atoms with E-state index >= 15 is 0 Å². The number of ether oxygens (including phenoxy) is 2. The maximum absolute atomic E-state index is 10.8. The molecule has 1 rings (SSSR count). The van der Waals surface area contributed by atoms with Gasteiger partial charge in [-0.05, 0) is 24.1 Å². The zero-order valence-electron chi connectivity index (χ0n) is 10.6. The van der Waals surface area contributed by atoms with Crippen LogP contribution in [-0.2, 0) is 9.53 Å². The lowest BCUT2D eigenvalue weighted by Crippen LogP contribution is -2.10. The van der Waals surface area contributed by atoms with Gasteiger partial charge < -0.3 is 9.47 Å². The Morgan fingerprint density at radius 3 is 2.61 bits per heavy atom. The van der Waals surface area contributed by atoms with Gasteiger partial charge >= 0.3 is 5.97 Å². The standard InChI is InChI=1S/C15H18O3/c1-3-5-6-13-7-9-14(10-8-13)17-11-12-18-15(16)4-2/h4-10H,2-3,11-12H2,1H3. The molecule has 0 spiro atoms. The van der Waals surface area contributed by atoms with Crippen LogP contribution in [-0.4, -0.2) is 19.2 Å². The number of hydrogen-bond donors (Lipinski definition) is 0. The van der Waals surface area contributed by atoms with Crippen molar-refractivity contribution in [3.05, 3.63) is 48.6 Å². The van der Waals surface area contributed by atoms with Gasteiger partial charge in [0.15, 0.2) is 0 Å². The lowest BCUT2D eigenvalue weighted by Gasteiger charge is -2.06. The Hall–Kier alpha value is -2.03. The van der Waals surface area contributed by atoms with Crippen LogP contribution in [0.4, 0.5) is 0 Å². The van der Waals surface area contributed by atoms with Gasteiger partial charge in [-0.1, -0.05) is 37.8 Å². The summed E-state index contributed by atoms with van der Waals surface area (Å²) in [6.07, 6.45) is 6.32. The number of allylic oxidation sites excluding steroid dienone is 1. The molecule has 0 saturated heterocycles. The van der Waals surface area contributed by atoms with Gasteiger partial charge in [0.05, 0.1) is 0 Å². The SMILES string of the molecule is C=CC(=O)OCCOc1ccc(C=CCC)cc1. The van der Waals surface area contributed by atoms with Crippen LogP contribution in [0.25, 0.3) is 6.08 Å². The van der Waals surface area contributed by atoms with E-state index in [0.29, 0.717) is 6.61 Å². The lowest BCUT2D eigenvalue weighted by atomic mass is 10.2. The molecule has 1 aromatic rings. The second-order valence-electron chi connectivity index (χ2n) is 3.60. The molecular formula is C15H18O3. The van der Waals surface area contributed by atoms with Crippen LogP contribution in [0.2, 0.25) is 0 Å². The second-order valence-corrected chi connectivity index (χ2v) is 3.60. The summed E-state index contributed by atoms with van der Waals surface area (Å²) in [7, 11) is 0.